The number of carbonyl (C=O) groups is 1. The minimum atomic E-state index is -3.32. The van der Waals surface area contributed by atoms with Gasteiger partial charge in [-0.25, -0.2) is 8.42 Å². The molecule has 0 spiro atoms. The van der Waals surface area contributed by atoms with Crippen LogP contribution in [0.25, 0.3) is 0 Å². The Bertz CT molecular complexity index is 642. The molecule has 1 aromatic rings. The Kier molecular flexibility index (Phi) is 5.74. The van der Waals surface area contributed by atoms with Crippen LogP contribution in [-0.2, 0) is 14.6 Å². The largest absolute Gasteiger partial charge is 0.349 e. The van der Waals surface area contributed by atoms with Crippen molar-refractivity contribution in [3.05, 3.63) is 35.4 Å². The summed E-state index contributed by atoms with van der Waals surface area (Å²) in [7, 11) is -3.32. The Labute approximate surface area is 119 Å². The molecule has 1 rings (SSSR count). The first-order chi connectivity index (χ1) is 9.31. The van der Waals surface area contributed by atoms with Crippen LogP contribution in [0.4, 0.5) is 0 Å². The van der Waals surface area contributed by atoms with Gasteiger partial charge in [0.15, 0.2) is 9.84 Å². The van der Waals surface area contributed by atoms with Gasteiger partial charge in [-0.1, -0.05) is 24.0 Å². The number of benzene rings is 1. The summed E-state index contributed by atoms with van der Waals surface area (Å²) in [4.78, 5) is 11.6. The van der Waals surface area contributed by atoms with Gasteiger partial charge in [0.1, 0.15) is 5.75 Å². The molecule has 0 fully saturated rings. The normalized spacial score (nSPS) is 12.2. The van der Waals surface area contributed by atoms with Gasteiger partial charge < -0.3 is 11.1 Å². The van der Waals surface area contributed by atoms with Gasteiger partial charge in [-0.2, -0.15) is 0 Å². The van der Waals surface area contributed by atoms with E-state index in [2.05, 4.69) is 17.2 Å². The van der Waals surface area contributed by atoms with Crippen molar-refractivity contribution in [1.82, 2.24) is 5.32 Å². The third-order valence-electron chi connectivity index (χ3n) is 2.49. The molecule has 0 heterocycles. The molecular formula is C14H18N2O3S. The fourth-order valence-corrected chi connectivity index (χ4v) is 2.20. The highest BCUT2D eigenvalue weighted by molar-refractivity contribution is 7.91. The SMILES string of the molecule is CC(NC(=O)CS(C)(=O)=O)c1cccc(C#CCN)c1. The molecule has 20 heavy (non-hydrogen) atoms. The van der Waals surface area contributed by atoms with E-state index >= 15 is 0 Å². The van der Waals surface area contributed by atoms with E-state index in [4.69, 9.17) is 5.73 Å². The van der Waals surface area contributed by atoms with Gasteiger partial charge in [0.25, 0.3) is 0 Å². The first-order valence-electron chi connectivity index (χ1n) is 6.08. The number of hydrogen-bond donors (Lipinski definition) is 2. The number of nitrogens with two attached hydrogens (primary N) is 1. The molecule has 1 aromatic carbocycles. The molecule has 0 aliphatic rings. The second-order valence-electron chi connectivity index (χ2n) is 4.49. The molecule has 1 unspecified atom stereocenters. The van der Waals surface area contributed by atoms with Crippen LogP contribution in [0.5, 0.6) is 0 Å². The average molecular weight is 294 g/mol. The summed E-state index contributed by atoms with van der Waals surface area (Å²) < 4.78 is 22.1. The minimum Gasteiger partial charge on any atom is -0.349 e. The number of amides is 1. The van der Waals surface area contributed by atoms with Crippen molar-refractivity contribution in [2.24, 2.45) is 5.73 Å². The zero-order chi connectivity index (χ0) is 15.2. The van der Waals surface area contributed by atoms with Crippen LogP contribution in [0.3, 0.4) is 0 Å². The quantitative estimate of drug-likeness (QED) is 0.777. The van der Waals surface area contributed by atoms with E-state index in [1.807, 2.05) is 24.3 Å². The van der Waals surface area contributed by atoms with Crippen molar-refractivity contribution >= 4 is 15.7 Å². The third-order valence-corrected chi connectivity index (χ3v) is 3.28. The van der Waals surface area contributed by atoms with E-state index in [0.717, 1.165) is 17.4 Å². The van der Waals surface area contributed by atoms with Gasteiger partial charge in [0, 0.05) is 11.8 Å². The zero-order valence-corrected chi connectivity index (χ0v) is 12.3. The van der Waals surface area contributed by atoms with Crippen LogP contribution in [0.15, 0.2) is 24.3 Å². The maximum Gasteiger partial charge on any atom is 0.235 e. The fourth-order valence-electron chi connectivity index (χ4n) is 1.64. The van der Waals surface area contributed by atoms with Gasteiger partial charge in [-0.3, -0.25) is 4.79 Å². The van der Waals surface area contributed by atoms with Crippen molar-refractivity contribution in [2.75, 3.05) is 18.6 Å². The summed E-state index contributed by atoms with van der Waals surface area (Å²) >= 11 is 0. The molecule has 0 saturated heterocycles. The van der Waals surface area contributed by atoms with E-state index in [1.54, 1.807) is 6.92 Å². The molecule has 0 aliphatic heterocycles. The fraction of sp³-hybridized carbons (Fsp3) is 0.357. The first kappa shape index (κ1) is 16.2. The lowest BCUT2D eigenvalue weighted by atomic mass is 10.1. The summed E-state index contributed by atoms with van der Waals surface area (Å²) in [6.07, 6.45) is 1.03. The molecule has 3 N–H and O–H groups in total. The van der Waals surface area contributed by atoms with Crippen molar-refractivity contribution in [2.45, 2.75) is 13.0 Å². The van der Waals surface area contributed by atoms with Gasteiger partial charge >= 0.3 is 0 Å². The topological polar surface area (TPSA) is 89.3 Å². The lowest BCUT2D eigenvalue weighted by molar-refractivity contribution is -0.119. The molecule has 1 amide bonds. The first-order valence-corrected chi connectivity index (χ1v) is 8.14. The Balaban J connectivity index is 2.77. The highest BCUT2D eigenvalue weighted by Gasteiger charge is 2.14. The van der Waals surface area contributed by atoms with Gasteiger partial charge in [-0.15, -0.1) is 0 Å². The van der Waals surface area contributed by atoms with Crippen LogP contribution in [0.1, 0.15) is 24.1 Å². The number of hydrogen-bond acceptors (Lipinski definition) is 4. The highest BCUT2D eigenvalue weighted by Crippen LogP contribution is 2.13. The maximum atomic E-state index is 11.6. The Morgan fingerprint density at radius 1 is 1.45 bits per heavy atom. The second kappa shape index (κ2) is 7.08. The van der Waals surface area contributed by atoms with Crippen LogP contribution in [0.2, 0.25) is 0 Å². The average Bonchev–Trinajstić information content (AvgIpc) is 2.34. The monoisotopic (exact) mass is 294 g/mol. The summed E-state index contributed by atoms with van der Waals surface area (Å²) in [5.74, 6) is 4.64. The van der Waals surface area contributed by atoms with Gasteiger partial charge in [0.05, 0.1) is 12.6 Å². The number of carbonyl (C=O) groups excluding carboxylic acids is 1. The predicted molar refractivity (Wildman–Crippen MR) is 78.6 cm³/mol. The Morgan fingerprint density at radius 2 is 2.15 bits per heavy atom. The standard InChI is InChI=1S/C14H18N2O3S/c1-11(16-14(17)10-20(2,18)19)13-7-3-5-12(9-13)6-4-8-15/h3,5,7,9,11H,8,10,15H2,1-2H3,(H,16,17). The minimum absolute atomic E-state index is 0.283. The molecule has 5 nitrogen and oxygen atoms in total. The molecule has 6 heteroatoms. The molecular weight excluding hydrogens is 276 g/mol. The molecule has 0 aromatic heterocycles. The van der Waals surface area contributed by atoms with E-state index in [9.17, 15) is 13.2 Å². The van der Waals surface area contributed by atoms with Crippen LogP contribution < -0.4 is 11.1 Å². The summed E-state index contributed by atoms with van der Waals surface area (Å²) in [6, 6.07) is 7.07. The van der Waals surface area contributed by atoms with E-state index in [0.29, 0.717) is 0 Å². The zero-order valence-electron chi connectivity index (χ0n) is 11.5. The molecule has 0 bridgehead atoms. The van der Waals surface area contributed by atoms with Gasteiger partial charge in [-0.05, 0) is 24.6 Å². The van der Waals surface area contributed by atoms with E-state index < -0.39 is 21.5 Å². The number of nitrogens with one attached hydrogen (secondary N) is 1. The molecule has 0 radical (unpaired) electrons. The summed E-state index contributed by atoms with van der Waals surface area (Å²) in [6.45, 7) is 2.07. The van der Waals surface area contributed by atoms with Crippen LogP contribution >= 0.6 is 0 Å². The van der Waals surface area contributed by atoms with Crippen LogP contribution in [0, 0.1) is 11.8 Å². The maximum absolute atomic E-state index is 11.6. The molecule has 108 valence electrons. The molecule has 0 aliphatic carbocycles. The van der Waals surface area contributed by atoms with Crippen LogP contribution in [-0.4, -0.2) is 32.9 Å². The smallest absolute Gasteiger partial charge is 0.235 e. The second-order valence-corrected chi connectivity index (χ2v) is 6.63. The van der Waals surface area contributed by atoms with Crippen molar-refractivity contribution in [1.29, 1.82) is 0 Å². The molecule has 1 atom stereocenters. The predicted octanol–water partition coefficient (Wildman–Crippen LogP) is 0.219. The van der Waals surface area contributed by atoms with Crippen molar-refractivity contribution in [3.8, 4) is 11.8 Å². The Hall–Kier alpha value is -1.84. The highest BCUT2D eigenvalue weighted by atomic mass is 32.2. The lowest BCUT2D eigenvalue weighted by Crippen LogP contribution is -2.32. The number of sulfone groups is 1. The van der Waals surface area contributed by atoms with Gasteiger partial charge in [0.2, 0.25) is 5.91 Å². The number of rotatable bonds is 4. The van der Waals surface area contributed by atoms with E-state index in [-0.39, 0.29) is 12.6 Å². The lowest BCUT2D eigenvalue weighted by Gasteiger charge is -2.14. The summed E-state index contributed by atoms with van der Waals surface area (Å²) in [5, 5.41) is 2.65. The summed E-state index contributed by atoms with van der Waals surface area (Å²) in [5.41, 5.74) is 6.97. The van der Waals surface area contributed by atoms with E-state index in [1.165, 1.54) is 0 Å². The molecule has 0 saturated carbocycles. The Morgan fingerprint density at radius 3 is 2.75 bits per heavy atom. The van der Waals surface area contributed by atoms with Crippen molar-refractivity contribution in [3.63, 3.8) is 0 Å². The third kappa shape index (κ3) is 5.87. The van der Waals surface area contributed by atoms with Crippen molar-refractivity contribution < 1.29 is 13.2 Å².